The topological polar surface area (TPSA) is 73.9 Å². The van der Waals surface area contributed by atoms with Crippen molar-refractivity contribution in [2.24, 2.45) is 0 Å². The van der Waals surface area contributed by atoms with E-state index in [1.807, 2.05) is 29.2 Å². The average molecular weight is 386 g/mol. The van der Waals surface area contributed by atoms with Gasteiger partial charge in [0, 0.05) is 37.6 Å². The van der Waals surface area contributed by atoms with Crippen molar-refractivity contribution in [3.05, 3.63) is 35.7 Å². The van der Waals surface area contributed by atoms with Crippen LogP contribution < -0.4 is 15.5 Å². The first-order chi connectivity index (χ1) is 13.5. The molecule has 1 fully saturated rings. The van der Waals surface area contributed by atoms with Crippen LogP contribution in [0.2, 0.25) is 0 Å². The molecule has 7 heteroatoms. The van der Waals surface area contributed by atoms with Crippen molar-refractivity contribution in [1.82, 2.24) is 10.2 Å². The van der Waals surface area contributed by atoms with E-state index in [0.29, 0.717) is 17.1 Å². The van der Waals surface area contributed by atoms with Crippen LogP contribution in [0.5, 0.6) is 0 Å². The van der Waals surface area contributed by atoms with Crippen molar-refractivity contribution in [1.29, 1.82) is 0 Å². The van der Waals surface area contributed by atoms with E-state index in [2.05, 4.69) is 29.4 Å². The van der Waals surface area contributed by atoms with Gasteiger partial charge < -0.3 is 25.2 Å². The molecule has 1 unspecified atom stereocenters. The molecule has 1 saturated heterocycles. The van der Waals surface area contributed by atoms with Gasteiger partial charge in [-0.3, -0.25) is 0 Å². The number of piperidine rings is 1. The summed E-state index contributed by atoms with van der Waals surface area (Å²) in [6.07, 6.45) is 2.80. The number of anilines is 2. The van der Waals surface area contributed by atoms with Gasteiger partial charge >= 0.3 is 12.0 Å². The van der Waals surface area contributed by atoms with Crippen LogP contribution in [0.3, 0.4) is 0 Å². The summed E-state index contributed by atoms with van der Waals surface area (Å²) in [5.41, 5.74) is 2.87. The molecule has 28 heavy (non-hydrogen) atoms. The molecule has 1 atom stereocenters. The Hall–Kier alpha value is -2.70. The van der Waals surface area contributed by atoms with E-state index in [1.54, 1.807) is 6.92 Å². The van der Waals surface area contributed by atoms with Crippen molar-refractivity contribution in [2.45, 2.75) is 46.1 Å². The van der Waals surface area contributed by atoms with Crippen LogP contribution in [0, 0.1) is 0 Å². The Labute approximate surface area is 166 Å². The number of cyclic esters (lactones) is 1. The second kappa shape index (κ2) is 8.99. The van der Waals surface area contributed by atoms with Gasteiger partial charge in [0.25, 0.3) is 0 Å². The van der Waals surface area contributed by atoms with Crippen LogP contribution in [-0.2, 0) is 9.53 Å². The summed E-state index contributed by atoms with van der Waals surface area (Å²) in [5, 5.41) is 5.69. The number of hydrogen-bond donors (Lipinski definition) is 2. The molecule has 2 aliphatic heterocycles. The zero-order valence-corrected chi connectivity index (χ0v) is 17.0. The van der Waals surface area contributed by atoms with Gasteiger partial charge in [-0.15, -0.1) is 0 Å². The monoisotopic (exact) mass is 386 g/mol. The lowest BCUT2D eigenvalue weighted by Gasteiger charge is -2.28. The molecular weight excluding hydrogens is 356 g/mol. The molecule has 2 heterocycles. The lowest BCUT2D eigenvalue weighted by Crippen LogP contribution is -2.36. The van der Waals surface area contributed by atoms with E-state index in [1.165, 1.54) is 6.42 Å². The third kappa shape index (κ3) is 4.40. The summed E-state index contributed by atoms with van der Waals surface area (Å²) in [6, 6.07) is 7.38. The zero-order valence-electron chi connectivity index (χ0n) is 17.0. The van der Waals surface area contributed by atoms with Gasteiger partial charge in [-0.25, -0.2) is 9.59 Å². The van der Waals surface area contributed by atoms with Crippen molar-refractivity contribution < 1.29 is 14.3 Å². The minimum Gasteiger partial charge on any atom is -0.451 e. The zero-order chi connectivity index (χ0) is 20.1. The first-order valence-electron chi connectivity index (χ1n) is 10.2. The summed E-state index contributed by atoms with van der Waals surface area (Å²) < 4.78 is 5.35. The maximum Gasteiger partial charge on any atom is 0.357 e. The van der Waals surface area contributed by atoms with Crippen molar-refractivity contribution in [3.63, 3.8) is 0 Å². The van der Waals surface area contributed by atoms with Crippen molar-refractivity contribution in [3.8, 4) is 0 Å². The molecule has 0 aromatic heterocycles. The van der Waals surface area contributed by atoms with Crippen molar-refractivity contribution >= 4 is 23.4 Å². The van der Waals surface area contributed by atoms with Crippen molar-refractivity contribution in [2.75, 3.05) is 36.4 Å². The number of nitrogens with zero attached hydrogens (tertiary/aromatic N) is 2. The Kier molecular flexibility index (Phi) is 6.44. The number of rotatable bonds is 6. The average Bonchev–Trinajstić information content (AvgIpc) is 2.97. The molecule has 0 radical (unpaired) electrons. The summed E-state index contributed by atoms with van der Waals surface area (Å²) >= 11 is 0. The molecule has 2 aliphatic rings. The molecule has 0 bridgehead atoms. The molecule has 7 nitrogen and oxygen atoms in total. The van der Waals surface area contributed by atoms with E-state index in [4.69, 9.17) is 4.74 Å². The predicted octanol–water partition coefficient (Wildman–Crippen LogP) is 3.30. The molecule has 2 N–H and O–H groups in total. The molecule has 2 amide bonds. The number of carbonyl (C=O) groups excluding carboxylic acids is 2. The lowest BCUT2D eigenvalue weighted by molar-refractivity contribution is -0.140. The van der Waals surface area contributed by atoms with Crippen LogP contribution in [0.25, 0.3) is 0 Å². The lowest BCUT2D eigenvalue weighted by atomic mass is 10.1. The van der Waals surface area contributed by atoms with E-state index in [-0.39, 0.29) is 12.0 Å². The van der Waals surface area contributed by atoms with Gasteiger partial charge in [-0.1, -0.05) is 0 Å². The normalized spacial score (nSPS) is 19.5. The van der Waals surface area contributed by atoms with Crippen LogP contribution in [-0.4, -0.2) is 49.2 Å². The molecule has 0 spiro atoms. The summed E-state index contributed by atoms with van der Waals surface area (Å²) in [7, 11) is 0. The van der Waals surface area contributed by atoms with Gasteiger partial charge in [0.15, 0.2) is 0 Å². The van der Waals surface area contributed by atoms with E-state index in [0.717, 1.165) is 44.7 Å². The number of carbonyl (C=O) groups is 2. The van der Waals surface area contributed by atoms with E-state index in [9.17, 15) is 9.59 Å². The number of urea groups is 1. The molecular formula is C21H30N4O3. The second-order valence-electron chi connectivity index (χ2n) is 7.16. The number of nitrogens with one attached hydrogen (secondary N) is 2. The van der Waals surface area contributed by atoms with E-state index < -0.39 is 6.10 Å². The fourth-order valence-corrected chi connectivity index (χ4v) is 3.78. The van der Waals surface area contributed by atoms with Gasteiger partial charge in [-0.2, -0.15) is 0 Å². The molecule has 1 aromatic rings. The fourth-order valence-electron chi connectivity index (χ4n) is 3.78. The Morgan fingerprint density at radius 3 is 2.36 bits per heavy atom. The Morgan fingerprint density at radius 1 is 1.11 bits per heavy atom. The molecule has 1 aromatic carbocycles. The highest BCUT2D eigenvalue weighted by Crippen LogP contribution is 2.26. The number of hydrogen-bond acceptors (Lipinski definition) is 5. The first-order valence-corrected chi connectivity index (χ1v) is 10.2. The molecule has 0 saturated carbocycles. The third-order valence-electron chi connectivity index (χ3n) is 5.31. The second-order valence-corrected chi connectivity index (χ2v) is 7.16. The quantitative estimate of drug-likeness (QED) is 0.734. The van der Waals surface area contributed by atoms with Gasteiger partial charge in [-0.05, 0) is 64.3 Å². The molecule has 152 valence electrons. The van der Waals surface area contributed by atoms with Crippen LogP contribution in [0.1, 0.15) is 40.0 Å². The number of likely N-dealkylation sites (tertiary alicyclic amines) is 1. The number of amides is 2. The smallest absolute Gasteiger partial charge is 0.357 e. The summed E-state index contributed by atoms with van der Waals surface area (Å²) in [4.78, 5) is 29.1. The number of benzene rings is 1. The highest BCUT2D eigenvalue weighted by Gasteiger charge is 2.36. The predicted molar refractivity (Wildman–Crippen MR) is 110 cm³/mol. The first kappa shape index (κ1) is 20.0. The molecule has 0 aliphatic carbocycles. The minimum absolute atomic E-state index is 0.353. The van der Waals surface area contributed by atoms with Crippen LogP contribution >= 0.6 is 0 Å². The summed E-state index contributed by atoms with van der Waals surface area (Å²) in [6.45, 7) is 9.51. The maximum absolute atomic E-state index is 12.5. The van der Waals surface area contributed by atoms with Gasteiger partial charge in [0.2, 0.25) is 0 Å². The highest BCUT2D eigenvalue weighted by atomic mass is 16.5. The minimum atomic E-state index is -0.458. The standard InChI is InChI=1S/C21H30N4O3/c1-4-24(5-2)17-11-9-16(10-12-17)22-21(27)23-18-15(3)28-20(26)19(18)25-13-7-6-8-14-25/h9-12,15H,4-8,13-14H2,1-3H3,(H2,22,23,27). The fraction of sp³-hybridized carbons (Fsp3) is 0.524. The van der Waals surface area contributed by atoms with Gasteiger partial charge in [0.1, 0.15) is 11.8 Å². The largest absolute Gasteiger partial charge is 0.451 e. The Bertz CT molecular complexity index is 735. The SMILES string of the molecule is CCN(CC)c1ccc(NC(=O)NC2=C(N3CCCCC3)C(=O)OC2C)cc1. The third-order valence-corrected chi connectivity index (χ3v) is 5.31. The Balaban J connectivity index is 1.68. The molecule has 3 rings (SSSR count). The van der Waals surface area contributed by atoms with E-state index >= 15 is 0 Å². The number of ether oxygens (including phenoxy) is 1. The Morgan fingerprint density at radius 2 is 1.75 bits per heavy atom. The van der Waals surface area contributed by atoms with Crippen LogP contribution in [0.15, 0.2) is 35.7 Å². The van der Waals surface area contributed by atoms with Crippen LogP contribution in [0.4, 0.5) is 16.2 Å². The highest BCUT2D eigenvalue weighted by molar-refractivity contribution is 5.95. The maximum atomic E-state index is 12.5. The summed E-state index contributed by atoms with van der Waals surface area (Å²) in [5.74, 6) is -0.353. The number of esters is 1. The van der Waals surface area contributed by atoms with Gasteiger partial charge in [0.05, 0.1) is 5.70 Å².